The molecule has 3 nitrogen and oxygen atoms in total. The SMILES string of the molecule is CCN1CCC(Cc2nc(C(C)N)cs2)C1. The topological polar surface area (TPSA) is 42.2 Å². The average Bonchev–Trinajstić information content (AvgIpc) is 2.87. The molecule has 1 fully saturated rings. The number of nitrogens with two attached hydrogens (primary N) is 1. The number of thiazole rings is 1. The van der Waals surface area contributed by atoms with Crippen LogP contribution in [0.25, 0.3) is 0 Å². The van der Waals surface area contributed by atoms with Crippen LogP contribution in [0.1, 0.15) is 37.0 Å². The molecule has 0 aliphatic carbocycles. The van der Waals surface area contributed by atoms with Gasteiger partial charge in [-0.1, -0.05) is 6.92 Å². The van der Waals surface area contributed by atoms with E-state index in [4.69, 9.17) is 5.73 Å². The van der Waals surface area contributed by atoms with Gasteiger partial charge in [-0.15, -0.1) is 11.3 Å². The highest BCUT2D eigenvalue weighted by molar-refractivity contribution is 7.09. The predicted octanol–water partition coefficient (Wildman–Crippen LogP) is 2.05. The maximum absolute atomic E-state index is 5.81. The Bertz CT molecular complexity index is 335. The second-order valence-electron chi connectivity index (χ2n) is 4.71. The van der Waals surface area contributed by atoms with Crippen LogP contribution in [0.15, 0.2) is 5.38 Å². The van der Waals surface area contributed by atoms with E-state index in [1.807, 2.05) is 6.92 Å². The number of nitrogens with zero attached hydrogens (tertiary/aromatic N) is 2. The van der Waals surface area contributed by atoms with Crippen LogP contribution in [0.4, 0.5) is 0 Å². The molecule has 2 N–H and O–H groups in total. The molecule has 2 unspecified atom stereocenters. The molecule has 1 aliphatic rings. The molecule has 1 saturated heterocycles. The Morgan fingerprint density at radius 1 is 1.69 bits per heavy atom. The van der Waals surface area contributed by atoms with Gasteiger partial charge in [-0.3, -0.25) is 0 Å². The third-order valence-corrected chi connectivity index (χ3v) is 4.21. The fourth-order valence-corrected chi connectivity index (χ4v) is 3.26. The smallest absolute Gasteiger partial charge is 0.0932 e. The molecule has 2 atom stereocenters. The first kappa shape index (κ1) is 12.0. The summed E-state index contributed by atoms with van der Waals surface area (Å²) in [7, 11) is 0. The predicted molar refractivity (Wildman–Crippen MR) is 68.6 cm³/mol. The Balaban J connectivity index is 1.89. The fourth-order valence-electron chi connectivity index (χ4n) is 2.24. The van der Waals surface area contributed by atoms with E-state index in [-0.39, 0.29) is 6.04 Å². The molecule has 0 bridgehead atoms. The molecule has 1 aromatic heterocycles. The van der Waals surface area contributed by atoms with Crippen LogP contribution >= 0.6 is 11.3 Å². The molecule has 0 saturated carbocycles. The van der Waals surface area contributed by atoms with Crippen molar-refractivity contribution < 1.29 is 0 Å². The molecule has 2 heterocycles. The summed E-state index contributed by atoms with van der Waals surface area (Å²) in [6, 6.07) is 0.0701. The fraction of sp³-hybridized carbons (Fsp3) is 0.750. The minimum absolute atomic E-state index is 0.0701. The number of aromatic nitrogens is 1. The van der Waals surface area contributed by atoms with Crippen LogP contribution in [-0.2, 0) is 6.42 Å². The molecular formula is C12H21N3S. The van der Waals surface area contributed by atoms with E-state index < -0.39 is 0 Å². The lowest BCUT2D eigenvalue weighted by atomic mass is 10.1. The van der Waals surface area contributed by atoms with Crippen molar-refractivity contribution in [2.45, 2.75) is 32.7 Å². The van der Waals surface area contributed by atoms with Crippen molar-refractivity contribution in [3.05, 3.63) is 16.1 Å². The van der Waals surface area contributed by atoms with Gasteiger partial charge in [0.05, 0.1) is 10.7 Å². The molecule has 0 aromatic carbocycles. The van der Waals surface area contributed by atoms with Crippen LogP contribution in [0.5, 0.6) is 0 Å². The summed E-state index contributed by atoms with van der Waals surface area (Å²) in [5.74, 6) is 0.798. The van der Waals surface area contributed by atoms with Gasteiger partial charge >= 0.3 is 0 Å². The number of hydrogen-bond acceptors (Lipinski definition) is 4. The second kappa shape index (κ2) is 5.25. The molecule has 1 aromatic rings. The van der Waals surface area contributed by atoms with E-state index in [9.17, 15) is 0 Å². The minimum atomic E-state index is 0.0701. The van der Waals surface area contributed by atoms with Crippen molar-refractivity contribution >= 4 is 11.3 Å². The molecule has 4 heteroatoms. The zero-order valence-corrected chi connectivity index (χ0v) is 11.0. The van der Waals surface area contributed by atoms with Crippen molar-refractivity contribution in [1.29, 1.82) is 0 Å². The van der Waals surface area contributed by atoms with E-state index in [1.165, 1.54) is 31.1 Å². The first-order valence-electron chi connectivity index (χ1n) is 6.11. The molecular weight excluding hydrogens is 218 g/mol. The summed E-state index contributed by atoms with van der Waals surface area (Å²) in [5, 5.41) is 3.36. The van der Waals surface area contributed by atoms with Crippen molar-refractivity contribution in [3.8, 4) is 0 Å². The second-order valence-corrected chi connectivity index (χ2v) is 5.65. The summed E-state index contributed by atoms with van der Waals surface area (Å²) < 4.78 is 0. The summed E-state index contributed by atoms with van der Waals surface area (Å²) >= 11 is 1.76. The summed E-state index contributed by atoms with van der Waals surface area (Å²) in [5.41, 5.74) is 6.86. The maximum atomic E-state index is 5.81. The van der Waals surface area contributed by atoms with Gasteiger partial charge in [-0.2, -0.15) is 0 Å². The van der Waals surface area contributed by atoms with E-state index in [1.54, 1.807) is 11.3 Å². The highest BCUT2D eigenvalue weighted by Gasteiger charge is 2.22. The molecule has 1 aliphatic heterocycles. The van der Waals surface area contributed by atoms with E-state index in [0.29, 0.717) is 0 Å². The lowest BCUT2D eigenvalue weighted by molar-refractivity contribution is 0.342. The van der Waals surface area contributed by atoms with Gasteiger partial charge < -0.3 is 10.6 Å². The maximum Gasteiger partial charge on any atom is 0.0932 e. The Morgan fingerprint density at radius 3 is 3.06 bits per heavy atom. The lowest BCUT2D eigenvalue weighted by Gasteiger charge is -2.11. The number of rotatable bonds is 4. The number of hydrogen-bond donors (Lipinski definition) is 1. The lowest BCUT2D eigenvalue weighted by Crippen LogP contribution is -2.20. The van der Waals surface area contributed by atoms with Gasteiger partial charge in [0.15, 0.2) is 0 Å². The van der Waals surface area contributed by atoms with Crippen LogP contribution < -0.4 is 5.73 Å². The number of likely N-dealkylation sites (tertiary alicyclic amines) is 1. The molecule has 16 heavy (non-hydrogen) atoms. The molecule has 0 radical (unpaired) electrons. The van der Waals surface area contributed by atoms with Crippen LogP contribution in [0.3, 0.4) is 0 Å². The van der Waals surface area contributed by atoms with E-state index in [0.717, 1.165) is 18.0 Å². The van der Waals surface area contributed by atoms with Crippen molar-refractivity contribution in [2.75, 3.05) is 19.6 Å². The third-order valence-electron chi connectivity index (χ3n) is 3.32. The normalized spacial score (nSPS) is 23.8. The average molecular weight is 239 g/mol. The molecule has 0 amide bonds. The largest absolute Gasteiger partial charge is 0.323 e. The highest BCUT2D eigenvalue weighted by Crippen LogP contribution is 2.23. The molecule has 90 valence electrons. The first-order chi connectivity index (χ1) is 7.69. The Hall–Kier alpha value is -0.450. The van der Waals surface area contributed by atoms with E-state index in [2.05, 4.69) is 22.2 Å². The molecule has 2 rings (SSSR count). The third kappa shape index (κ3) is 2.81. The Kier molecular flexibility index (Phi) is 3.95. The standard InChI is InChI=1S/C12H21N3S/c1-3-15-5-4-10(7-15)6-12-14-11(8-16-12)9(2)13/h8-10H,3-7,13H2,1-2H3. The molecule has 0 spiro atoms. The van der Waals surface area contributed by atoms with Gasteiger partial charge in [-0.25, -0.2) is 4.98 Å². The van der Waals surface area contributed by atoms with Crippen molar-refractivity contribution in [2.24, 2.45) is 11.7 Å². The van der Waals surface area contributed by atoms with Crippen LogP contribution in [0, 0.1) is 5.92 Å². The van der Waals surface area contributed by atoms with Crippen molar-refractivity contribution in [3.63, 3.8) is 0 Å². The monoisotopic (exact) mass is 239 g/mol. The van der Waals surface area contributed by atoms with Gasteiger partial charge in [0.25, 0.3) is 0 Å². The zero-order chi connectivity index (χ0) is 11.5. The van der Waals surface area contributed by atoms with Crippen LogP contribution in [0.2, 0.25) is 0 Å². The Morgan fingerprint density at radius 2 is 2.50 bits per heavy atom. The van der Waals surface area contributed by atoms with E-state index >= 15 is 0 Å². The van der Waals surface area contributed by atoms with Gasteiger partial charge in [0, 0.05) is 24.4 Å². The highest BCUT2D eigenvalue weighted by atomic mass is 32.1. The quantitative estimate of drug-likeness (QED) is 0.874. The van der Waals surface area contributed by atoms with Gasteiger partial charge in [0.1, 0.15) is 0 Å². The summed E-state index contributed by atoms with van der Waals surface area (Å²) in [6.45, 7) is 7.91. The van der Waals surface area contributed by atoms with Gasteiger partial charge in [-0.05, 0) is 32.4 Å². The van der Waals surface area contributed by atoms with Gasteiger partial charge in [0.2, 0.25) is 0 Å². The first-order valence-corrected chi connectivity index (χ1v) is 6.99. The minimum Gasteiger partial charge on any atom is -0.323 e. The summed E-state index contributed by atoms with van der Waals surface area (Å²) in [4.78, 5) is 7.12. The van der Waals surface area contributed by atoms with Crippen LogP contribution in [-0.4, -0.2) is 29.5 Å². The summed E-state index contributed by atoms with van der Waals surface area (Å²) in [6.07, 6.45) is 2.45. The zero-order valence-electron chi connectivity index (χ0n) is 10.1. The van der Waals surface area contributed by atoms with Crippen molar-refractivity contribution in [1.82, 2.24) is 9.88 Å². The Labute approximate surface area is 102 Å².